The van der Waals surface area contributed by atoms with Crippen LogP contribution in [0.5, 0.6) is 0 Å². The summed E-state index contributed by atoms with van der Waals surface area (Å²) in [4.78, 5) is 0. The number of rotatable bonds is 5. The van der Waals surface area contributed by atoms with Crippen molar-refractivity contribution in [3.63, 3.8) is 0 Å². The normalized spacial score (nSPS) is 6.60. The molecule has 0 bridgehead atoms. The Morgan fingerprint density at radius 1 is 0.800 bits per heavy atom. The third-order valence-corrected chi connectivity index (χ3v) is 1.04. The molecule has 0 fully saturated rings. The van der Waals surface area contributed by atoms with Crippen molar-refractivity contribution in [2.45, 2.75) is 12.6 Å². The van der Waals surface area contributed by atoms with Gasteiger partial charge in [0.15, 0.2) is 0 Å². The van der Waals surface area contributed by atoms with Crippen molar-refractivity contribution in [2.75, 3.05) is 0 Å². The van der Waals surface area contributed by atoms with Crippen LogP contribution in [0.1, 0.15) is 0 Å². The van der Waals surface area contributed by atoms with E-state index in [9.17, 15) is 0 Å². The fourth-order valence-corrected chi connectivity index (χ4v) is 0.577. The Morgan fingerprint density at radius 3 is 1.50 bits per heavy atom. The summed E-state index contributed by atoms with van der Waals surface area (Å²) < 4.78 is 0. The average Bonchev–Trinajstić information content (AvgIpc) is 1.97. The Hall–Kier alpha value is 0.519. The van der Waals surface area contributed by atoms with Crippen LogP contribution in [-0.4, -0.2) is 55.1 Å². The molecule has 10 heavy (non-hydrogen) atoms. The third-order valence-electron chi connectivity index (χ3n) is 1.04. The maximum atomic E-state index is 3.57. The monoisotopic (exact) mass is 118 g/mol. The van der Waals surface area contributed by atoms with Gasteiger partial charge in [-0.15, -0.1) is 0 Å². The van der Waals surface area contributed by atoms with Crippen LogP contribution in [0.25, 0.3) is 0 Å². The van der Waals surface area contributed by atoms with Gasteiger partial charge in [0, 0.05) is 0 Å². The van der Waals surface area contributed by atoms with Crippen LogP contribution < -0.4 is 0 Å². The Labute approximate surface area is 68.3 Å². The molecule has 38 valence electrons. The first-order chi connectivity index (χ1) is 4.91. The molecule has 0 aliphatic rings. The van der Waals surface area contributed by atoms with Gasteiger partial charge in [-0.05, 0) is 0 Å². The molecule has 0 aliphatic heterocycles. The molecule has 0 aromatic carbocycles. The quantitative estimate of drug-likeness (QED) is 0.272. The first-order valence-electron chi connectivity index (χ1n) is 3.47. The van der Waals surface area contributed by atoms with Crippen molar-refractivity contribution in [2.24, 2.45) is 0 Å². The molecular weight excluding hydrogens is 111 g/mol. The Morgan fingerprint density at radius 2 is 1.20 bits per heavy atom. The summed E-state index contributed by atoms with van der Waals surface area (Å²) in [7, 11) is 7.15. The minimum atomic E-state index is 1.08. The summed E-state index contributed by atoms with van der Waals surface area (Å²) in [5.41, 5.74) is 0. The molecule has 0 unspecified atom stereocenters. The second kappa shape index (κ2) is 9.52. The molecule has 0 aromatic rings. The molecule has 0 aromatic heterocycles. The first kappa shape index (κ1) is 10.5. The predicted molar refractivity (Wildman–Crippen MR) is 58.4 cm³/mol. The molecule has 0 N–H and O–H groups in total. The van der Waals surface area contributed by atoms with Crippen LogP contribution in [0.2, 0.25) is 12.6 Å². The van der Waals surface area contributed by atoms with E-state index in [1.807, 2.05) is 13.4 Å². The predicted octanol–water partition coefficient (Wildman–Crippen LogP) is -2.66. The van der Waals surface area contributed by atoms with E-state index in [0.717, 1.165) is 12.6 Å². The number of hydrogen-bond donors (Lipinski definition) is 0. The average molecular weight is 117 g/mol. The topological polar surface area (TPSA) is 0 Å². The van der Waals surface area contributed by atoms with Crippen molar-refractivity contribution in [3.05, 3.63) is 0 Å². The Bertz CT molecular complexity index is 127. The van der Waals surface area contributed by atoms with Crippen molar-refractivity contribution < 1.29 is 0 Å². The van der Waals surface area contributed by atoms with E-state index in [0.29, 0.717) is 0 Å². The van der Waals surface area contributed by atoms with Gasteiger partial charge < -0.3 is 0 Å². The molecule has 0 saturated heterocycles. The molecule has 0 aliphatic carbocycles. The van der Waals surface area contributed by atoms with E-state index in [1.54, 1.807) is 13.4 Å². The van der Waals surface area contributed by atoms with Gasteiger partial charge in [-0.2, -0.15) is 0 Å². The van der Waals surface area contributed by atoms with Gasteiger partial charge in [-0.25, -0.2) is 0 Å². The molecule has 0 amide bonds. The van der Waals surface area contributed by atoms with Crippen LogP contribution in [0.4, 0.5) is 0 Å². The zero-order chi connectivity index (χ0) is 7.66. The molecule has 0 nitrogen and oxygen atoms in total. The SMILES string of the molecule is B=BB=BCCB=BB=B. The summed E-state index contributed by atoms with van der Waals surface area (Å²) in [6.07, 6.45) is 2.16. The van der Waals surface area contributed by atoms with Crippen molar-refractivity contribution in [1.82, 2.24) is 0 Å². The van der Waals surface area contributed by atoms with Gasteiger partial charge in [-0.1, -0.05) is 0 Å². The number of hydrogen-bond acceptors (Lipinski definition) is 0. The van der Waals surface area contributed by atoms with Crippen molar-refractivity contribution >= 4 is 55.1 Å². The molecular formula is C2H6B8. The van der Waals surface area contributed by atoms with E-state index >= 15 is 0 Å². The van der Waals surface area contributed by atoms with Gasteiger partial charge in [0.1, 0.15) is 0 Å². The van der Waals surface area contributed by atoms with Gasteiger partial charge >= 0.3 is 67.8 Å². The standard InChI is InChI=1S/C2H6B8/c3-7-9-5-1-2-6-10-8-4/h3-4H,1-2H2. The Kier molecular flexibility index (Phi) is 10.0. The summed E-state index contributed by atoms with van der Waals surface area (Å²) in [5.74, 6) is 0. The first-order valence-corrected chi connectivity index (χ1v) is 3.47. The summed E-state index contributed by atoms with van der Waals surface area (Å²) in [5, 5.41) is 0. The van der Waals surface area contributed by atoms with Crippen LogP contribution in [0.15, 0.2) is 0 Å². The van der Waals surface area contributed by atoms with E-state index < -0.39 is 0 Å². The van der Waals surface area contributed by atoms with Crippen LogP contribution >= 0.6 is 0 Å². The maximum absolute atomic E-state index is 3.57. The van der Waals surface area contributed by atoms with E-state index in [1.165, 1.54) is 0 Å². The van der Waals surface area contributed by atoms with E-state index in [4.69, 9.17) is 0 Å². The summed E-state index contributed by atoms with van der Waals surface area (Å²) in [6, 6.07) is 0. The molecule has 0 spiro atoms. The van der Waals surface area contributed by atoms with Gasteiger partial charge in [0.05, 0.1) is 0 Å². The van der Waals surface area contributed by atoms with E-state index in [-0.39, 0.29) is 0 Å². The van der Waals surface area contributed by atoms with Crippen LogP contribution in [-0.2, 0) is 0 Å². The van der Waals surface area contributed by atoms with Crippen molar-refractivity contribution in [1.29, 1.82) is 0 Å². The van der Waals surface area contributed by atoms with Gasteiger partial charge in [-0.3, -0.25) is 0 Å². The fraction of sp³-hybridized carbons (Fsp3) is 1.00. The summed E-state index contributed by atoms with van der Waals surface area (Å²) >= 11 is 0. The molecule has 0 saturated carbocycles. The van der Waals surface area contributed by atoms with E-state index in [2.05, 4.69) is 28.3 Å². The van der Waals surface area contributed by atoms with Crippen molar-refractivity contribution in [3.8, 4) is 0 Å². The molecule has 0 radical (unpaired) electrons. The zero-order valence-corrected chi connectivity index (χ0v) is 6.29. The molecule has 0 rings (SSSR count). The third kappa shape index (κ3) is 8.52. The minimum absolute atomic E-state index is 1.08. The van der Waals surface area contributed by atoms with Crippen LogP contribution in [0.3, 0.4) is 0 Å². The Balaban J connectivity index is 3.19. The molecule has 0 atom stereocenters. The second-order valence-corrected chi connectivity index (χ2v) is 1.91. The summed E-state index contributed by atoms with van der Waals surface area (Å²) in [6.45, 7) is 11.7. The molecule has 0 heterocycles. The zero-order valence-electron chi connectivity index (χ0n) is 6.29. The van der Waals surface area contributed by atoms with Crippen LogP contribution in [0, 0.1) is 0 Å². The van der Waals surface area contributed by atoms with Gasteiger partial charge in [0.25, 0.3) is 0 Å². The second-order valence-electron chi connectivity index (χ2n) is 1.91. The fourth-order valence-electron chi connectivity index (χ4n) is 0.577. The molecule has 8 heteroatoms. The van der Waals surface area contributed by atoms with Gasteiger partial charge in [0.2, 0.25) is 0 Å².